The van der Waals surface area contributed by atoms with Gasteiger partial charge in [0.1, 0.15) is 16.6 Å². The first-order valence-electron chi connectivity index (χ1n) is 7.37. The summed E-state index contributed by atoms with van der Waals surface area (Å²) in [5.74, 6) is 0.562. The van der Waals surface area contributed by atoms with Crippen molar-refractivity contribution in [3.05, 3.63) is 75.5 Å². The number of nitrogens with zero attached hydrogens (tertiary/aromatic N) is 3. The van der Waals surface area contributed by atoms with Crippen LogP contribution in [0, 0.1) is 5.82 Å². The summed E-state index contributed by atoms with van der Waals surface area (Å²) >= 11 is 5.99. The third-order valence-electron chi connectivity index (χ3n) is 3.39. The van der Waals surface area contributed by atoms with E-state index in [9.17, 15) is 9.18 Å². The first kappa shape index (κ1) is 16.9. The smallest absolute Gasteiger partial charge is 0.287 e. The molecule has 8 heteroatoms. The fourth-order valence-corrected chi connectivity index (χ4v) is 2.27. The molecule has 128 valence electrons. The normalized spacial score (nSPS) is 10.5. The molecule has 0 bridgehead atoms. The molecule has 1 aromatic carbocycles. The van der Waals surface area contributed by atoms with Crippen LogP contribution in [0.15, 0.2) is 53.6 Å². The van der Waals surface area contributed by atoms with Crippen molar-refractivity contribution >= 4 is 17.3 Å². The van der Waals surface area contributed by atoms with Gasteiger partial charge in [-0.15, -0.1) is 0 Å². The van der Waals surface area contributed by atoms with E-state index in [1.165, 1.54) is 37.5 Å². The Kier molecular flexibility index (Phi) is 4.95. The minimum absolute atomic E-state index is 0.0849. The molecule has 1 N–H and O–H groups in total. The predicted octanol–water partition coefficient (Wildman–Crippen LogP) is 3.37. The lowest BCUT2D eigenvalue weighted by Crippen LogP contribution is -2.21. The Morgan fingerprint density at radius 1 is 1.20 bits per heavy atom. The van der Waals surface area contributed by atoms with Gasteiger partial charge in [0, 0.05) is 25.9 Å². The highest BCUT2D eigenvalue weighted by molar-refractivity contribution is 6.32. The number of anilines is 1. The number of benzene rings is 1. The van der Waals surface area contributed by atoms with Gasteiger partial charge in [-0.25, -0.2) is 14.1 Å². The molecule has 25 heavy (non-hydrogen) atoms. The highest BCUT2D eigenvalue weighted by Gasteiger charge is 2.07. The van der Waals surface area contributed by atoms with E-state index in [-0.39, 0.29) is 16.4 Å². The van der Waals surface area contributed by atoms with Crippen molar-refractivity contribution in [2.45, 2.75) is 6.54 Å². The van der Waals surface area contributed by atoms with Gasteiger partial charge in [-0.1, -0.05) is 17.7 Å². The minimum atomic E-state index is -0.368. The first-order chi connectivity index (χ1) is 12.0. The van der Waals surface area contributed by atoms with Crippen molar-refractivity contribution in [3.8, 4) is 11.6 Å². The summed E-state index contributed by atoms with van der Waals surface area (Å²) in [5.41, 5.74) is 0.951. The largest absolute Gasteiger partial charge is 0.439 e. The van der Waals surface area contributed by atoms with Crippen molar-refractivity contribution in [2.75, 3.05) is 5.32 Å². The summed E-state index contributed by atoms with van der Waals surface area (Å²) < 4.78 is 19.6. The molecule has 2 heterocycles. The van der Waals surface area contributed by atoms with Crippen molar-refractivity contribution in [3.63, 3.8) is 0 Å². The number of aromatic nitrogens is 3. The van der Waals surface area contributed by atoms with Crippen LogP contribution in [0.5, 0.6) is 11.6 Å². The van der Waals surface area contributed by atoms with Gasteiger partial charge in [0.2, 0.25) is 5.88 Å². The Labute approximate surface area is 147 Å². The number of aryl methyl sites for hydroxylation is 1. The van der Waals surface area contributed by atoms with Crippen LogP contribution >= 0.6 is 11.6 Å². The Hall–Kier alpha value is -2.93. The van der Waals surface area contributed by atoms with Crippen molar-refractivity contribution in [1.82, 2.24) is 14.8 Å². The maximum Gasteiger partial charge on any atom is 0.287 e. The van der Waals surface area contributed by atoms with Crippen LogP contribution in [-0.2, 0) is 13.6 Å². The molecule has 0 amide bonds. The zero-order chi connectivity index (χ0) is 17.8. The highest BCUT2D eigenvalue weighted by Crippen LogP contribution is 2.20. The van der Waals surface area contributed by atoms with Crippen LogP contribution in [0.3, 0.4) is 0 Å². The fraction of sp³-hybridized carbons (Fsp3) is 0.118. The van der Waals surface area contributed by atoms with Gasteiger partial charge in [0.15, 0.2) is 0 Å². The van der Waals surface area contributed by atoms with Gasteiger partial charge < -0.3 is 10.1 Å². The van der Waals surface area contributed by atoms with Crippen LogP contribution in [0.2, 0.25) is 5.02 Å². The summed E-state index contributed by atoms with van der Waals surface area (Å²) in [4.78, 5) is 15.9. The molecule has 0 unspecified atom stereocenters. The molecule has 0 saturated heterocycles. The number of hydrogen-bond donors (Lipinski definition) is 1. The van der Waals surface area contributed by atoms with E-state index in [0.29, 0.717) is 23.9 Å². The van der Waals surface area contributed by atoms with Gasteiger partial charge in [0.05, 0.1) is 11.9 Å². The molecular weight excluding hydrogens is 347 g/mol. The molecule has 0 fully saturated rings. The summed E-state index contributed by atoms with van der Waals surface area (Å²) in [7, 11) is 1.53. The van der Waals surface area contributed by atoms with Gasteiger partial charge in [-0.3, -0.25) is 4.79 Å². The minimum Gasteiger partial charge on any atom is -0.439 e. The van der Waals surface area contributed by atoms with E-state index in [1.807, 2.05) is 6.07 Å². The highest BCUT2D eigenvalue weighted by atomic mass is 35.5. The number of hydrogen-bond acceptors (Lipinski definition) is 5. The van der Waals surface area contributed by atoms with Gasteiger partial charge in [-0.05, 0) is 29.8 Å². The molecule has 0 radical (unpaired) electrons. The average molecular weight is 361 g/mol. The molecule has 3 rings (SSSR count). The third-order valence-corrected chi connectivity index (χ3v) is 3.76. The van der Waals surface area contributed by atoms with E-state index in [2.05, 4.69) is 15.4 Å². The summed E-state index contributed by atoms with van der Waals surface area (Å²) in [6.45, 7) is 0.415. The molecule has 0 aliphatic rings. The van der Waals surface area contributed by atoms with Gasteiger partial charge >= 0.3 is 0 Å². The quantitative estimate of drug-likeness (QED) is 0.755. The second-order valence-corrected chi connectivity index (χ2v) is 5.59. The zero-order valence-corrected chi connectivity index (χ0v) is 14.0. The van der Waals surface area contributed by atoms with Gasteiger partial charge in [-0.2, -0.15) is 5.10 Å². The molecule has 0 saturated carbocycles. The van der Waals surface area contributed by atoms with Crippen molar-refractivity contribution < 1.29 is 9.13 Å². The molecule has 3 aromatic rings. The summed E-state index contributed by atoms with van der Waals surface area (Å²) in [5, 5.41) is 7.04. The Morgan fingerprint density at radius 3 is 2.64 bits per heavy atom. The monoisotopic (exact) mass is 360 g/mol. The molecular formula is C17H14ClFN4O2. The van der Waals surface area contributed by atoms with Crippen LogP contribution in [0.1, 0.15) is 5.56 Å². The lowest BCUT2D eigenvalue weighted by molar-refractivity contribution is 0.461. The molecule has 6 nitrogen and oxygen atoms in total. The SMILES string of the molecule is Cn1ncc(NCc2ccc(Oc3ccc(F)cc3)nc2)c(Cl)c1=O. The maximum atomic E-state index is 12.9. The predicted molar refractivity (Wildman–Crippen MR) is 92.5 cm³/mol. The topological polar surface area (TPSA) is 69.0 Å². The van der Waals surface area contributed by atoms with Crippen LogP contribution < -0.4 is 15.6 Å². The number of halogens is 2. The van der Waals surface area contributed by atoms with E-state index in [4.69, 9.17) is 16.3 Å². The Morgan fingerprint density at radius 2 is 1.96 bits per heavy atom. The van der Waals surface area contributed by atoms with Crippen LogP contribution in [0.4, 0.5) is 10.1 Å². The van der Waals surface area contributed by atoms with Crippen molar-refractivity contribution in [1.29, 1.82) is 0 Å². The molecule has 0 aliphatic heterocycles. The molecule has 0 atom stereocenters. The second-order valence-electron chi connectivity index (χ2n) is 5.22. The van der Waals surface area contributed by atoms with Crippen LogP contribution in [0.25, 0.3) is 0 Å². The lowest BCUT2D eigenvalue weighted by Gasteiger charge is -2.09. The van der Waals surface area contributed by atoms with E-state index in [0.717, 1.165) is 10.2 Å². The van der Waals surface area contributed by atoms with Gasteiger partial charge in [0.25, 0.3) is 5.56 Å². The first-order valence-corrected chi connectivity index (χ1v) is 7.75. The van der Waals surface area contributed by atoms with E-state index >= 15 is 0 Å². The fourth-order valence-electron chi connectivity index (χ4n) is 2.03. The Bertz CT molecular complexity index is 927. The number of ether oxygens (including phenoxy) is 1. The van der Waals surface area contributed by atoms with E-state index < -0.39 is 0 Å². The summed E-state index contributed by atoms with van der Waals surface area (Å²) in [6.07, 6.45) is 3.12. The number of nitrogens with one attached hydrogen (secondary N) is 1. The standard InChI is InChI=1S/C17H14ClFN4O2/c1-23-17(24)16(18)14(10-22-23)20-8-11-2-7-15(21-9-11)25-13-5-3-12(19)4-6-13/h2-7,9-10,20H,8H2,1H3. The van der Waals surface area contributed by atoms with E-state index in [1.54, 1.807) is 12.3 Å². The second kappa shape index (κ2) is 7.31. The summed E-state index contributed by atoms with van der Waals surface area (Å²) in [6, 6.07) is 9.20. The molecule has 0 aliphatic carbocycles. The number of pyridine rings is 1. The third kappa shape index (κ3) is 4.13. The lowest BCUT2D eigenvalue weighted by atomic mass is 10.3. The molecule has 0 spiro atoms. The average Bonchev–Trinajstić information content (AvgIpc) is 2.62. The molecule has 2 aromatic heterocycles. The van der Waals surface area contributed by atoms with Crippen molar-refractivity contribution in [2.24, 2.45) is 7.05 Å². The number of rotatable bonds is 5. The maximum absolute atomic E-state index is 12.9. The zero-order valence-electron chi connectivity index (χ0n) is 13.2. The Balaban J connectivity index is 1.64. The van der Waals surface area contributed by atoms with Crippen LogP contribution in [-0.4, -0.2) is 14.8 Å².